The molecule has 2 aromatic carbocycles. The number of hydrogen-bond donors (Lipinski definition) is 1. The molecular formula is C15H11FN2OS. The zero-order valence-corrected chi connectivity index (χ0v) is 11.5. The molecule has 0 aliphatic rings. The second kappa shape index (κ2) is 4.68. The second-order valence-corrected chi connectivity index (χ2v) is 4.98. The van der Waals surface area contributed by atoms with E-state index in [-0.39, 0.29) is 16.1 Å². The van der Waals surface area contributed by atoms with Crippen molar-refractivity contribution in [2.75, 3.05) is 0 Å². The maximum absolute atomic E-state index is 13.0. The number of fused-ring (bicyclic) bond motifs is 1. The van der Waals surface area contributed by atoms with E-state index < -0.39 is 0 Å². The minimum absolute atomic E-state index is 0.209. The predicted octanol–water partition coefficient (Wildman–Crippen LogP) is 3.50. The summed E-state index contributed by atoms with van der Waals surface area (Å²) in [5, 5.41) is 0.558. The van der Waals surface area contributed by atoms with Crippen LogP contribution >= 0.6 is 12.2 Å². The number of halogens is 1. The average molecular weight is 286 g/mol. The first-order valence-electron chi connectivity index (χ1n) is 6.08. The summed E-state index contributed by atoms with van der Waals surface area (Å²) in [6, 6.07) is 11.2. The lowest BCUT2D eigenvalue weighted by Gasteiger charge is -2.08. The van der Waals surface area contributed by atoms with E-state index in [1.807, 2.05) is 25.1 Å². The van der Waals surface area contributed by atoms with Crippen LogP contribution in [-0.2, 0) is 0 Å². The van der Waals surface area contributed by atoms with Crippen molar-refractivity contribution in [1.82, 2.24) is 9.55 Å². The zero-order valence-electron chi connectivity index (χ0n) is 10.7. The minimum atomic E-state index is -0.353. The number of rotatable bonds is 1. The van der Waals surface area contributed by atoms with E-state index in [9.17, 15) is 9.18 Å². The van der Waals surface area contributed by atoms with Gasteiger partial charge in [-0.15, -0.1) is 0 Å². The number of aromatic nitrogens is 2. The van der Waals surface area contributed by atoms with Gasteiger partial charge < -0.3 is 4.98 Å². The molecule has 0 amide bonds. The Morgan fingerprint density at radius 3 is 2.55 bits per heavy atom. The van der Waals surface area contributed by atoms with Crippen molar-refractivity contribution >= 4 is 23.1 Å². The van der Waals surface area contributed by atoms with Crippen molar-refractivity contribution in [2.45, 2.75) is 6.92 Å². The lowest BCUT2D eigenvalue weighted by Crippen LogP contribution is -2.20. The first-order valence-corrected chi connectivity index (χ1v) is 6.49. The minimum Gasteiger partial charge on any atom is -0.331 e. The standard InChI is InChI=1S/C15H11FN2OS/c1-9-2-7-13-12(8-9)14(19)18(15(20)17-13)11-5-3-10(16)4-6-11/h2-8H,1H3,(H,17,20). The molecule has 1 aromatic heterocycles. The molecule has 0 saturated heterocycles. The molecule has 5 heteroatoms. The Morgan fingerprint density at radius 1 is 1.15 bits per heavy atom. The van der Waals surface area contributed by atoms with Crippen molar-refractivity contribution < 1.29 is 4.39 Å². The van der Waals surface area contributed by atoms with Crippen LogP contribution in [0.2, 0.25) is 0 Å². The number of H-pyrrole nitrogens is 1. The van der Waals surface area contributed by atoms with Gasteiger partial charge in [-0.1, -0.05) is 11.6 Å². The Bertz CT molecular complexity index is 910. The molecule has 1 heterocycles. The summed E-state index contributed by atoms with van der Waals surface area (Å²) < 4.78 is 14.6. The number of aromatic amines is 1. The van der Waals surface area contributed by atoms with Crippen LogP contribution < -0.4 is 5.56 Å². The van der Waals surface area contributed by atoms with Crippen molar-refractivity contribution in [3.8, 4) is 5.69 Å². The summed E-state index contributed by atoms with van der Waals surface area (Å²) >= 11 is 5.23. The van der Waals surface area contributed by atoms with Gasteiger partial charge in [0.2, 0.25) is 0 Å². The smallest absolute Gasteiger partial charge is 0.266 e. The van der Waals surface area contributed by atoms with Crippen LogP contribution in [0.5, 0.6) is 0 Å². The predicted molar refractivity (Wildman–Crippen MR) is 79.4 cm³/mol. The summed E-state index contributed by atoms with van der Waals surface area (Å²) in [5.74, 6) is -0.353. The quantitative estimate of drug-likeness (QED) is 0.695. The van der Waals surface area contributed by atoms with E-state index in [1.54, 1.807) is 0 Å². The number of aryl methyl sites for hydroxylation is 1. The second-order valence-electron chi connectivity index (χ2n) is 4.60. The molecule has 3 rings (SSSR count). The lowest BCUT2D eigenvalue weighted by atomic mass is 10.1. The van der Waals surface area contributed by atoms with Crippen LogP contribution in [0.4, 0.5) is 4.39 Å². The normalized spacial score (nSPS) is 10.9. The maximum Gasteiger partial charge on any atom is 0.266 e. The third-order valence-corrected chi connectivity index (χ3v) is 3.42. The number of hydrogen-bond acceptors (Lipinski definition) is 2. The Labute approximate surface area is 119 Å². The van der Waals surface area contributed by atoms with E-state index in [4.69, 9.17) is 12.2 Å². The van der Waals surface area contributed by atoms with Crippen LogP contribution in [0, 0.1) is 17.5 Å². The first kappa shape index (κ1) is 12.7. The van der Waals surface area contributed by atoms with E-state index in [0.29, 0.717) is 16.6 Å². The first-order chi connectivity index (χ1) is 9.56. The molecule has 0 unspecified atom stereocenters. The van der Waals surface area contributed by atoms with Gasteiger partial charge in [0, 0.05) is 0 Å². The highest BCUT2D eigenvalue weighted by Crippen LogP contribution is 2.13. The molecule has 1 N–H and O–H groups in total. The fourth-order valence-electron chi connectivity index (χ4n) is 2.15. The van der Waals surface area contributed by atoms with Gasteiger partial charge in [0.25, 0.3) is 5.56 Å². The van der Waals surface area contributed by atoms with E-state index in [1.165, 1.54) is 28.8 Å². The number of benzene rings is 2. The molecule has 0 fully saturated rings. The largest absolute Gasteiger partial charge is 0.331 e. The van der Waals surface area contributed by atoms with E-state index in [2.05, 4.69) is 4.98 Å². The van der Waals surface area contributed by atoms with Gasteiger partial charge in [-0.2, -0.15) is 0 Å². The van der Waals surface area contributed by atoms with E-state index in [0.717, 1.165) is 5.56 Å². The van der Waals surface area contributed by atoms with Crippen LogP contribution in [0.3, 0.4) is 0 Å². The summed E-state index contributed by atoms with van der Waals surface area (Å²) in [4.78, 5) is 15.6. The fourth-order valence-corrected chi connectivity index (χ4v) is 2.45. The monoisotopic (exact) mass is 286 g/mol. The topological polar surface area (TPSA) is 37.8 Å². The molecule has 3 nitrogen and oxygen atoms in total. The molecule has 0 aliphatic carbocycles. The van der Waals surface area contributed by atoms with Crippen LogP contribution in [-0.4, -0.2) is 9.55 Å². The molecule has 0 bridgehead atoms. The van der Waals surface area contributed by atoms with Crippen molar-refractivity contribution in [3.63, 3.8) is 0 Å². The molecule has 3 aromatic rings. The Morgan fingerprint density at radius 2 is 1.85 bits per heavy atom. The summed E-state index contributed by atoms with van der Waals surface area (Å²) in [5.41, 5.74) is 2.02. The van der Waals surface area contributed by atoms with Gasteiger partial charge in [-0.3, -0.25) is 9.36 Å². The molecule has 0 spiro atoms. The molecular weight excluding hydrogens is 275 g/mol. The van der Waals surface area contributed by atoms with Crippen molar-refractivity contribution in [2.24, 2.45) is 0 Å². The van der Waals surface area contributed by atoms with Crippen LogP contribution in [0.1, 0.15) is 5.56 Å². The number of nitrogens with zero attached hydrogens (tertiary/aromatic N) is 1. The highest BCUT2D eigenvalue weighted by Gasteiger charge is 2.07. The third-order valence-electron chi connectivity index (χ3n) is 3.14. The summed E-state index contributed by atoms with van der Waals surface area (Å²) in [6.07, 6.45) is 0. The highest BCUT2D eigenvalue weighted by atomic mass is 32.1. The van der Waals surface area contributed by atoms with Crippen molar-refractivity contribution in [1.29, 1.82) is 0 Å². The van der Waals surface area contributed by atoms with Crippen LogP contribution in [0.15, 0.2) is 47.3 Å². The Hall–Kier alpha value is -2.27. The highest BCUT2D eigenvalue weighted by molar-refractivity contribution is 7.71. The summed E-state index contributed by atoms with van der Waals surface area (Å²) in [6.45, 7) is 1.92. The van der Waals surface area contributed by atoms with Gasteiger partial charge in [-0.05, 0) is 55.5 Å². The molecule has 20 heavy (non-hydrogen) atoms. The molecule has 0 atom stereocenters. The number of nitrogens with one attached hydrogen (secondary N) is 1. The molecule has 100 valence electrons. The summed E-state index contributed by atoms with van der Waals surface area (Å²) in [7, 11) is 0. The Kier molecular flexibility index (Phi) is 2.99. The van der Waals surface area contributed by atoms with E-state index >= 15 is 0 Å². The van der Waals surface area contributed by atoms with Gasteiger partial charge in [0.05, 0.1) is 16.6 Å². The van der Waals surface area contributed by atoms with Gasteiger partial charge in [0.15, 0.2) is 4.77 Å². The van der Waals surface area contributed by atoms with Gasteiger partial charge in [-0.25, -0.2) is 4.39 Å². The zero-order chi connectivity index (χ0) is 14.3. The fraction of sp³-hybridized carbons (Fsp3) is 0.0667. The average Bonchev–Trinajstić information content (AvgIpc) is 2.42. The molecule has 0 radical (unpaired) electrons. The molecule has 0 saturated carbocycles. The van der Waals surface area contributed by atoms with Crippen molar-refractivity contribution in [3.05, 3.63) is 69.0 Å². The van der Waals surface area contributed by atoms with Crippen LogP contribution in [0.25, 0.3) is 16.6 Å². The SMILES string of the molecule is Cc1ccc2[nH]c(=S)n(-c3ccc(F)cc3)c(=O)c2c1. The Balaban J connectivity index is 2.39. The van der Waals surface area contributed by atoms with Gasteiger partial charge >= 0.3 is 0 Å². The third kappa shape index (κ3) is 2.06. The lowest BCUT2D eigenvalue weighted by molar-refractivity contribution is 0.627. The molecule has 0 aliphatic heterocycles. The maximum atomic E-state index is 13.0. The van der Waals surface area contributed by atoms with Gasteiger partial charge in [0.1, 0.15) is 5.82 Å².